The van der Waals surface area contributed by atoms with Crippen LogP contribution in [0.1, 0.15) is 46.0 Å². The van der Waals surface area contributed by atoms with E-state index in [1.54, 1.807) is 29.2 Å². The molecule has 1 spiro atoms. The standard InChI is InChI=1S/C29H36ClN3O5/c1-16-5-3-7-21(17(16)2)32-27(35)25-29-13-12-22(38-29)23(26(34)31-19-10-8-18(30)9-11-19)24(29)28(36)33(25)15-20-6-4-14-37-20/h8-13,16-17,20-25H,3-7,14-15H2,1-2H3,(H,31,34)(H,32,35)/t16-,17-,20+,21+,22-,23+,24-,25+,29+/m1/s1. The molecule has 1 aliphatic carbocycles. The Balaban J connectivity index is 1.29. The van der Waals surface area contributed by atoms with Gasteiger partial charge in [0.15, 0.2) is 0 Å². The number of amides is 3. The number of rotatable bonds is 6. The fraction of sp³-hybridized carbons (Fsp3) is 0.621. The number of ether oxygens (including phenoxy) is 2. The Morgan fingerprint density at radius 1 is 1.11 bits per heavy atom. The van der Waals surface area contributed by atoms with Gasteiger partial charge in [-0.25, -0.2) is 0 Å². The number of anilines is 1. The number of hydrogen-bond donors (Lipinski definition) is 2. The Morgan fingerprint density at radius 3 is 2.63 bits per heavy atom. The van der Waals surface area contributed by atoms with Gasteiger partial charge in [-0.1, -0.05) is 50.4 Å². The number of nitrogens with one attached hydrogen (secondary N) is 2. The SMILES string of the molecule is C[C@@H]1[C@H](C)CCC[C@@H]1NC(=O)[C@@H]1N(C[C@@H]2CCCO2)C(=O)[C@H]2[C@@H](C(=O)Nc3ccc(Cl)cc3)[C@H]3C=C[C@@]12O3. The highest BCUT2D eigenvalue weighted by Crippen LogP contribution is 2.55. The molecule has 1 aromatic carbocycles. The van der Waals surface area contributed by atoms with Gasteiger partial charge in [0.2, 0.25) is 17.7 Å². The third-order valence-electron chi connectivity index (χ3n) is 9.50. The molecule has 3 amide bonds. The molecule has 38 heavy (non-hydrogen) atoms. The predicted octanol–water partition coefficient (Wildman–Crippen LogP) is 3.55. The highest BCUT2D eigenvalue weighted by Gasteiger charge is 2.73. The molecule has 4 heterocycles. The van der Waals surface area contributed by atoms with Crippen LogP contribution in [0.4, 0.5) is 5.69 Å². The summed E-state index contributed by atoms with van der Waals surface area (Å²) in [7, 11) is 0. The van der Waals surface area contributed by atoms with Crippen LogP contribution in [-0.4, -0.2) is 65.7 Å². The lowest BCUT2D eigenvalue weighted by molar-refractivity contribution is -0.143. The van der Waals surface area contributed by atoms with Crippen LogP contribution < -0.4 is 10.6 Å². The second kappa shape index (κ2) is 9.96. The molecule has 5 aliphatic rings. The monoisotopic (exact) mass is 541 g/mol. The van der Waals surface area contributed by atoms with Gasteiger partial charge in [0, 0.05) is 29.9 Å². The van der Waals surface area contributed by atoms with Gasteiger partial charge in [-0.3, -0.25) is 14.4 Å². The van der Waals surface area contributed by atoms with Gasteiger partial charge in [-0.05, 0) is 55.4 Å². The van der Waals surface area contributed by atoms with Gasteiger partial charge in [0.25, 0.3) is 0 Å². The zero-order chi connectivity index (χ0) is 26.6. The van der Waals surface area contributed by atoms with Crippen LogP contribution in [0, 0.1) is 23.7 Å². The average molecular weight is 542 g/mol. The minimum Gasteiger partial charge on any atom is -0.376 e. The smallest absolute Gasteiger partial charge is 0.246 e. The molecule has 204 valence electrons. The van der Waals surface area contributed by atoms with Gasteiger partial charge in [0.1, 0.15) is 11.6 Å². The van der Waals surface area contributed by atoms with E-state index >= 15 is 0 Å². The minimum atomic E-state index is -1.17. The average Bonchev–Trinajstić information content (AvgIpc) is 3.66. The molecule has 0 radical (unpaired) electrons. The number of carbonyl (C=O) groups is 3. The molecular weight excluding hydrogens is 506 g/mol. The molecule has 9 heteroatoms. The van der Waals surface area contributed by atoms with E-state index in [1.807, 2.05) is 12.2 Å². The first kappa shape index (κ1) is 25.8. The molecule has 1 saturated carbocycles. The fourth-order valence-corrected chi connectivity index (χ4v) is 7.40. The van der Waals surface area contributed by atoms with Crippen molar-refractivity contribution < 1.29 is 23.9 Å². The number of fused-ring (bicyclic) bond motifs is 1. The molecule has 1 aromatic rings. The summed E-state index contributed by atoms with van der Waals surface area (Å²) in [6.07, 6.45) is 7.93. The van der Waals surface area contributed by atoms with E-state index in [-0.39, 0.29) is 29.9 Å². The summed E-state index contributed by atoms with van der Waals surface area (Å²) < 4.78 is 12.3. The largest absolute Gasteiger partial charge is 0.376 e. The number of benzene rings is 1. The van der Waals surface area contributed by atoms with Crippen LogP contribution in [0.15, 0.2) is 36.4 Å². The van der Waals surface area contributed by atoms with E-state index in [4.69, 9.17) is 21.1 Å². The number of carbonyl (C=O) groups excluding carboxylic acids is 3. The van der Waals surface area contributed by atoms with Crippen molar-refractivity contribution in [2.24, 2.45) is 23.7 Å². The maximum absolute atomic E-state index is 14.1. The minimum absolute atomic E-state index is 0.0490. The van der Waals surface area contributed by atoms with E-state index in [0.717, 1.165) is 32.1 Å². The van der Waals surface area contributed by atoms with Crippen molar-refractivity contribution in [2.75, 3.05) is 18.5 Å². The first-order chi connectivity index (χ1) is 18.3. The molecule has 0 aromatic heterocycles. The second-order valence-corrected chi connectivity index (χ2v) is 12.1. The van der Waals surface area contributed by atoms with Crippen molar-refractivity contribution in [1.82, 2.24) is 10.2 Å². The summed E-state index contributed by atoms with van der Waals surface area (Å²) in [6, 6.07) is 6.06. The van der Waals surface area contributed by atoms with Crippen LogP contribution in [0.5, 0.6) is 0 Å². The zero-order valence-corrected chi connectivity index (χ0v) is 22.7. The first-order valence-corrected chi connectivity index (χ1v) is 14.3. The lowest BCUT2D eigenvalue weighted by Crippen LogP contribution is -2.58. The summed E-state index contributed by atoms with van der Waals surface area (Å²) in [6.45, 7) is 5.39. The quantitative estimate of drug-likeness (QED) is 0.537. The fourth-order valence-electron chi connectivity index (χ4n) is 7.28. The van der Waals surface area contributed by atoms with Crippen LogP contribution in [0.3, 0.4) is 0 Å². The third kappa shape index (κ3) is 4.25. The normalized spacial score (nSPS) is 39.4. The number of halogens is 1. The Bertz CT molecular complexity index is 1140. The summed E-state index contributed by atoms with van der Waals surface area (Å²) in [5.74, 6) is -1.35. The van der Waals surface area contributed by atoms with E-state index in [0.29, 0.717) is 35.7 Å². The lowest BCUT2D eigenvalue weighted by Gasteiger charge is -2.38. The number of likely N-dealkylation sites (tertiary alicyclic amines) is 1. The van der Waals surface area contributed by atoms with Crippen molar-refractivity contribution in [3.8, 4) is 0 Å². The summed E-state index contributed by atoms with van der Waals surface area (Å²) in [5, 5.41) is 6.79. The van der Waals surface area contributed by atoms with Crippen LogP contribution >= 0.6 is 11.6 Å². The van der Waals surface area contributed by atoms with Crippen molar-refractivity contribution in [3.63, 3.8) is 0 Å². The molecule has 2 bridgehead atoms. The first-order valence-electron chi connectivity index (χ1n) is 13.9. The van der Waals surface area contributed by atoms with E-state index in [1.165, 1.54) is 0 Å². The summed E-state index contributed by atoms with van der Waals surface area (Å²) in [5.41, 5.74) is -0.577. The predicted molar refractivity (Wildman–Crippen MR) is 142 cm³/mol. The molecule has 4 aliphatic heterocycles. The number of hydrogen-bond acceptors (Lipinski definition) is 5. The molecule has 0 unspecified atom stereocenters. The molecule has 2 N–H and O–H groups in total. The van der Waals surface area contributed by atoms with Crippen molar-refractivity contribution >= 4 is 35.0 Å². The van der Waals surface area contributed by atoms with Gasteiger partial charge in [-0.15, -0.1) is 0 Å². The number of nitrogens with zero attached hydrogens (tertiary/aromatic N) is 1. The second-order valence-electron chi connectivity index (χ2n) is 11.7. The Morgan fingerprint density at radius 2 is 1.89 bits per heavy atom. The van der Waals surface area contributed by atoms with E-state index in [9.17, 15) is 14.4 Å². The van der Waals surface area contributed by atoms with Crippen molar-refractivity contribution in [2.45, 2.75) is 75.8 Å². The maximum atomic E-state index is 14.1. The van der Waals surface area contributed by atoms with E-state index < -0.39 is 29.6 Å². The topological polar surface area (TPSA) is 97.0 Å². The maximum Gasteiger partial charge on any atom is 0.246 e. The lowest BCUT2D eigenvalue weighted by atomic mass is 9.73. The molecular formula is C29H36ClN3O5. The highest BCUT2D eigenvalue weighted by molar-refractivity contribution is 6.30. The highest BCUT2D eigenvalue weighted by atomic mass is 35.5. The third-order valence-corrected chi connectivity index (χ3v) is 9.75. The molecule has 9 atom stereocenters. The summed E-state index contributed by atoms with van der Waals surface area (Å²) >= 11 is 6.00. The molecule has 4 fully saturated rings. The van der Waals surface area contributed by atoms with Gasteiger partial charge in [-0.2, -0.15) is 0 Å². The molecule has 3 saturated heterocycles. The van der Waals surface area contributed by atoms with Gasteiger partial charge < -0.3 is 25.0 Å². The Hall–Kier alpha value is -2.42. The van der Waals surface area contributed by atoms with Crippen molar-refractivity contribution in [3.05, 3.63) is 41.4 Å². The molecule has 8 nitrogen and oxygen atoms in total. The van der Waals surface area contributed by atoms with Gasteiger partial charge in [0.05, 0.1) is 24.0 Å². The van der Waals surface area contributed by atoms with Gasteiger partial charge >= 0.3 is 0 Å². The van der Waals surface area contributed by atoms with E-state index in [2.05, 4.69) is 24.5 Å². The Kier molecular flexibility index (Phi) is 6.77. The summed E-state index contributed by atoms with van der Waals surface area (Å²) in [4.78, 5) is 43.3. The Labute approximate surface area is 228 Å². The molecule has 6 rings (SSSR count). The van der Waals surface area contributed by atoms with Crippen LogP contribution in [0.2, 0.25) is 5.02 Å². The zero-order valence-electron chi connectivity index (χ0n) is 21.9. The van der Waals surface area contributed by atoms with Crippen LogP contribution in [-0.2, 0) is 23.9 Å². The van der Waals surface area contributed by atoms with Crippen molar-refractivity contribution in [1.29, 1.82) is 0 Å². The van der Waals surface area contributed by atoms with Crippen LogP contribution in [0.25, 0.3) is 0 Å².